The van der Waals surface area contributed by atoms with Crippen LogP contribution in [0.3, 0.4) is 0 Å². The minimum absolute atomic E-state index is 0.0163. The summed E-state index contributed by atoms with van der Waals surface area (Å²) in [5.41, 5.74) is 0.933. The molecule has 0 spiro atoms. The standard InChI is InChI=1S/C30H37N5O6S/c36-28(34-14-9-22(10-15-34)29(37)38)21-4-6-23(7-5-21)32-30-31-13-8-27(33-30)35-16-11-24-25(35)2-1-3-26(24)41-18-20-12-17-42(39,40)19-20/h1-3,8,11,13,16,20-23H,4-7,9-10,12,14-15,17-19H2,(H,37,38)(H,31,32,33)/t20?,21-,23-. The van der Waals surface area contributed by atoms with Crippen LogP contribution in [-0.2, 0) is 19.4 Å². The molecule has 3 aromatic rings. The number of amides is 1. The van der Waals surface area contributed by atoms with Crippen LogP contribution in [0.5, 0.6) is 5.75 Å². The molecule has 1 atom stereocenters. The molecule has 3 fully saturated rings. The van der Waals surface area contributed by atoms with Gasteiger partial charge in [-0.1, -0.05) is 6.07 Å². The summed E-state index contributed by atoms with van der Waals surface area (Å²) in [5, 5.41) is 13.6. The van der Waals surface area contributed by atoms with Crippen LogP contribution in [0.25, 0.3) is 16.7 Å². The van der Waals surface area contributed by atoms with Crippen molar-refractivity contribution in [2.24, 2.45) is 17.8 Å². The summed E-state index contributed by atoms with van der Waals surface area (Å²) in [5.74, 6) is 1.46. The molecule has 12 heteroatoms. The van der Waals surface area contributed by atoms with Gasteiger partial charge in [-0.25, -0.2) is 13.4 Å². The van der Waals surface area contributed by atoms with Gasteiger partial charge in [0.15, 0.2) is 9.84 Å². The predicted octanol–water partition coefficient (Wildman–Crippen LogP) is 3.53. The van der Waals surface area contributed by atoms with Crippen molar-refractivity contribution in [1.29, 1.82) is 0 Å². The molecule has 42 heavy (non-hydrogen) atoms. The Bertz CT molecular complexity index is 1560. The van der Waals surface area contributed by atoms with Gasteiger partial charge >= 0.3 is 5.97 Å². The number of rotatable bonds is 8. The van der Waals surface area contributed by atoms with Crippen molar-refractivity contribution in [1.82, 2.24) is 19.4 Å². The summed E-state index contributed by atoms with van der Waals surface area (Å²) in [6.45, 7) is 1.43. The SMILES string of the molecule is O=C(O)C1CCN(C(=O)[C@H]2CC[C@H](Nc3nccc(-n4ccc5c(OCC6CCS(=O)(=O)C6)cccc54)n3)CC2)CC1. The summed E-state index contributed by atoms with van der Waals surface area (Å²) in [7, 11) is -2.94. The molecule has 224 valence electrons. The Labute approximate surface area is 245 Å². The number of carboxylic acid groups (broad SMARTS) is 1. The Morgan fingerprint density at radius 1 is 1.00 bits per heavy atom. The van der Waals surface area contributed by atoms with Gasteiger partial charge in [-0.05, 0) is 69.2 Å². The third-order valence-electron chi connectivity index (χ3n) is 8.95. The average molecular weight is 596 g/mol. The van der Waals surface area contributed by atoms with Gasteiger partial charge in [0, 0.05) is 48.7 Å². The molecule has 1 aromatic carbocycles. The highest BCUT2D eigenvalue weighted by Gasteiger charge is 2.33. The summed E-state index contributed by atoms with van der Waals surface area (Å²) in [6, 6.07) is 9.83. The lowest BCUT2D eigenvalue weighted by Gasteiger charge is -2.35. The van der Waals surface area contributed by atoms with Gasteiger partial charge in [-0.2, -0.15) is 4.98 Å². The largest absolute Gasteiger partial charge is 0.493 e. The first kappa shape index (κ1) is 28.4. The van der Waals surface area contributed by atoms with E-state index in [1.807, 2.05) is 46.0 Å². The molecular weight excluding hydrogens is 558 g/mol. The second-order valence-corrected chi connectivity index (χ2v) is 14.1. The Kier molecular flexibility index (Phi) is 8.06. The predicted molar refractivity (Wildman–Crippen MR) is 157 cm³/mol. The van der Waals surface area contributed by atoms with Gasteiger partial charge < -0.3 is 24.6 Å². The van der Waals surface area contributed by atoms with Crippen molar-refractivity contribution >= 4 is 38.6 Å². The summed E-state index contributed by atoms with van der Waals surface area (Å²) in [4.78, 5) is 35.3. The molecule has 1 saturated carbocycles. The fourth-order valence-electron chi connectivity index (χ4n) is 6.50. The number of anilines is 1. The van der Waals surface area contributed by atoms with E-state index in [1.165, 1.54) is 0 Å². The van der Waals surface area contributed by atoms with Crippen LogP contribution in [0.15, 0.2) is 42.7 Å². The number of sulfone groups is 1. The quantitative estimate of drug-likeness (QED) is 0.400. The maximum Gasteiger partial charge on any atom is 0.306 e. The lowest BCUT2D eigenvalue weighted by Crippen LogP contribution is -2.44. The lowest BCUT2D eigenvalue weighted by molar-refractivity contribution is -0.147. The molecule has 1 unspecified atom stereocenters. The highest BCUT2D eigenvalue weighted by atomic mass is 32.2. The van der Waals surface area contributed by atoms with Gasteiger partial charge in [-0.15, -0.1) is 0 Å². The van der Waals surface area contributed by atoms with Crippen molar-refractivity contribution in [2.75, 3.05) is 36.5 Å². The Morgan fingerprint density at radius 3 is 2.50 bits per heavy atom. The van der Waals surface area contributed by atoms with Crippen LogP contribution in [0.2, 0.25) is 0 Å². The first-order valence-electron chi connectivity index (χ1n) is 14.8. The van der Waals surface area contributed by atoms with E-state index in [2.05, 4.69) is 10.3 Å². The topological polar surface area (TPSA) is 144 Å². The molecule has 1 aliphatic carbocycles. The molecule has 1 amide bonds. The van der Waals surface area contributed by atoms with Crippen LogP contribution >= 0.6 is 0 Å². The number of carbonyl (C=O) groups is 2. The smallest absolute Gasteiger partial charge is 0.306 e. The number of piperidine rings is 1. The molecule has 3 aliphatic rings. The minimum Gasteiger partial charge on any atom is -0.493 e. The van der Waals surface area contributed by atoms with Gasteiger partial charge in [-0.3, -0.25) is 9.59 Å². The number of nitrogens with zero attached hydrogens (tertiary/aromatic N) is 4. The molecule has 11 nitrogen and oxygen atoms in total. The van der Waals surface area contributed by atoms with Crippen LogP contribution < -0.4 is 10.1 Å². The number of aromatic nitrogens is 3. The zero-order valence-electron chi connectivity index (χ0n) is 23.5. The second kappa shape index (κ2) is 11.9. The number of hydrogen-bond donors (Lipinski definition) is 2. The highest BCUT2D eigenvalue weighted by molar-refractivity contribution is 7.91. The molecule has 2 aromatic heterocycles. The number of nitrogens with one attached hydrogen (secondary N) is 1. The molecule has 2 saturated heterocycles. The Balaban J connectivity index is 1.06. The minimum atomic E-state index is -2.94. The number of hydrogen-bond acceptors (Lipinski definition) is 8. The van der Waals surface area contributed by atoms with Gasteiger partial charge in [0.2, 0.25) is 11.9 Å². The van der Waals surface area contributed by atoms with E-state index >= 15 is 0 Å². The van der Waals surface area contributed by atoms with Gasteiger partial charge in [0.25, 0.3) is 0 Å². The Hall–Kier alpha value is -3.67. The normalized spacial score (nSPS) is 24.5. The fraction of sp³-hybridized carbons (Fsp3) is 0.533. The van der Waals surface area contributed by atoms with E-state index in [-0.39, 0.29) is 41.2 Å². The maximum absolute atomic E-state index is 13.0. The summed E-state index contributed by atoms with van der Waals surface area (Å²) >= 11 is 0. The van der Waals surface area contributed by atoms with E-state index in [4.69, 9.17) is 9.72 Å². The number of fused-ring (bicyclic) bond motifs is 1. The third-order valence-corrected chi connectivity index (χ3v) is 10.8. The monoisotopic (exact) mass is 595 g/mol. The molecule has 0 radical (unpaired) electrons. The number of aliphatic carboxylic acids is 1. The third kappa shape index (κ3) is 6.23. The molecule has 4 heterocycles. The number of benzene rings is 1. The van der Waals surface area contributed by atoms with Crippen LogP contribution in [0, 0.1) is 17.8 Å². The van der Waals surface area contributed by atoms with E-state index < -0.39 is 15.8 Å². The highest BCUT2D eigenvalue weighted by Crippen LogP contribution is 2.31. The molecular formula is C30H37N5O6S. The first-order valence-corrected chi connectivity index (χ1v) is 16.6. The zero-order valence-corrected chi connectivity index (χ0v) is 24.3. The molecule has 6 rings (SSSR count). The molecule has 0 bridgehead atoms. The van der Waals surface area contributed by atoms with Crippen LogP contribution in [0.1, 0.15) is 44.9 Å². The van der Waals surface area contributed by atoms with Gasteiger partial charge in [0.05, 0.1) is 29.5 Å². The Morgan fingerprint density at radius 2 is 1.79 bits per heavy atom. The van der Waals surface area contributed by atoms with Crippen molar-refractivity contribution in [2.45, 2.75) is 51.0 Å². The second-order valence-electron chi connectivity index (χ2n) is 11.8. The van der Waals surface area contributed by atoms with E-state index in [0.29, 0.717) is 44.9 Å². The number of ether oxygens (including phenoxy) is 1. The van der Waals surface area contributed by atoms with Crippen LogP contribution in [0.4, 0.5) is 5.95 Å². The molecule has 2 aliphatic heterocycles. The number of carbonyl (C=O) groups excluding carboxylic acids is 1. The number of likely N-dealkylation sites (tertiary alicyclic amines) is 1. The summed E-state index contributed by atoms with van der Waals surface area (Å²) < 4.78 is 31.7. The van der Waals surface area contributed by atoms with Crippen molar-refractivity contribution in [3.05, 3.63) is 42.7 Å². The van der Waals surface area contributed by atoms with Crippen molar-refractivity contribution < 1.29 is 27.9 Å². The zero-order chi connectivity index (χ0) is 29.3. The maximum atomic E-state index is 13.0. The molecule has 2 N–H and O–H groups in total. The summed E-state index contributed by atoms with van der Waals surface area (Å²) in [6.07, 6.45) is 8.62. The first-order chi connectivity index (χ1) is 20.3. The van der Waals surface area contributed by atoms with E-state index in [9.17, 15) is 23.1 Å². The van der Waals surface area contributed by atoms with E-state index in [0.717, 1.165) is 48.2 Å². The van der Waals surface area contributed by atoms with Gasteiger partial charge in [0.1, 0.15) is 11.6 Å². The lowest BCUT2D eigenvalue weighted by atomic mass is 9.84. The van der Waals surface area contributed by atoms with Crippen LogP contribution in [-0.4, -0.2) is 82.1 Å². The fourth-order valence-corrected chi connectivity index (χ4v) is 8.34. The van der Waals surface area contributed by atoms with Crippen molar-refractivity contribution in [3.63, 3.8) is 0 Å². The average Bonchev–Trinajstić information content (AvgIpc) is 3.59. The van der Waals surface area contributed by atoms with Crippen molar-refractivity contribution in [3.8, 4) is 11.6 Å². The number of carboxylic acids is 1. The van der Waals surface area contributed by atoms with E-state index in [1.54, 1.807) is 6.20 Å².